The Kier molecular flexibility index (Phi) is 4.85. The van der Waals surface area contributed by atoms with Crippen LogP contribution in [0.4, 0.5) is 0 Å². The SMILES string of the molecule is CN1CCN(C)C(CNC2CC(c3cccc(Cl)c3)C2)C1. The second-order valence-electron chi connectivity index (χ2n) is 6.73. The number of hydrogen-bond acceptors (Lipinski definition) is 3. The highest BCUT2D eigenvalue weighted by molar-refractivity contribution is 6.30. The van der Waals surface area contributed by atoms with Crippen molar-refractivity contribution in [3.63, 3.8) is 0 Å². The van der Waals surface area contributed by atoms with Crippen LogP contribution in [0.3, 0.4) is 0 Å². The molecule has 0 bridgehead atoms. The third kappa shape index (κ3) is 3.78. The summed E-state index contributed by atoms with van der Waals surface area (Å²) in [5, 5.41) is 4.61. The summed E-state index contributed by atoms with van der Waals surface area (Å²) in [5.74, 6) is 0.688. The van der Waals surface area contributed by atoms with Gasteiger partial charge in [0, 0.05) is 43.3 Å². The van der Waals surface area contributed by atoms with E-state index in [2.05, 4.69) is 47.4 Å². The Morgan fingerprint density at radius 3 is 2.81 bits per heavy atom. The minimum atomic E-state index is 0.647. The second kappa shape index (κ2) is 6.66. The maximum Gasteiger partial charge on any atom is 0.0408 e. The largest absolute Gasteiger partial charge is 0.312 e. The first-order valence-corrected chi connectivity index (χ1v) is 8.37. The molecule has 3 nitrogen and oxygen atoms in total. The molecule has 116 valence electrons. The van der Waals surface area contributed by atoms with Crippen molar-refractivity contribution in [3.05, 3.63) is 34.9 Å². The highest BCUT2D eigenvalue weighted by atomic mass is 35.5. The van der Waals surface area contributed by atoms with Crippen molar-refractivity contribution >= 4 is 11.6 Å². The second-order valence-corrected chi connectivity index (χ2v) is 7.16. The summed E-state index contributed by atoms with van der Waals surface area (Å²) in [6.45, 7) is 4.65. The molecule has 4 heteroatoms. The molecule has 1 saturated heterocycles. The van der Waals surface area contributed by atoms with Gasteiger partial charge in [0.1, 0.15) is 0 Å². The molecular formula is C17H26ClN3. The van der Waals surface area contributed by atoms with E-state index in [0.29, 0.717) is 18.0 Å². The van der Waals surface area contributed by atoms with Crippen molar-refractivity contribution in [1.29, 1.82) is 0 Å². The van der Waals surface area contributed by atoms with Crippen LogP contribution in [-0.4, -0.2) is 62.2 Å². The number of piperazine rings is 1. The summed E-state index contributed by atoms with van der Waals surface area (Å²) in [5.41, 5.74) is 1.40. The van der Waals surface area contributed by atoms with Crippen molar-refractivity contribution < 1.29 is 0 Å². The van der Waals surface area contributed by atoms with Gasteiger partial charge in [-0.05, 0) is 50.6 Å². The van der Waals surface area contributed by atoms with Crippen LogP contribution in [0, 0.1) is 0 Å². The molecule has 2 fully saturated rings. The zero-order chi connectivity index (χ0) is 14.8. The third-order valence-electron chi connectivity index (χ3n) is 5.08. The average Bonchev–Trinajstić information content (AvgIpc) is 2.41. The Labute approximate surface area is 133 Å². The van der Waals surface area contributed by atoms with Crippen molar-refractivity contribution in [3.8, 4) is 0 Å². The molecule has 1 heterocycles. The molecule has 0 spiro atoms. The fraction of sp³-hybridized carbons (Fsp3) is 0.647. The molecule has 1 aliphatic heterocycles. The van der Waals surface area contributed by atoms with Crippen LogP contribution in [0.15, 0.2) is 24.3 Å². The third-order valence-corrected chi connectivity index (χ3v) is 5.32. The number of likely N-dealkylation sites (N-methyl/N-ethyl adjacent to an activating group) is 2. The van der Waals surface area contributed by atoms with Gasteiger partial charge in [-0.3, -0.25) is 4.90 Å². The highest BCUT2D eigenvalue weighted by Crippen LogP contribution is 2.37. The van der Waals surface area contributed by atoms with Crippen molar-refractivity contribution in [1.82, 2.24) is 15.1 Å². The summed E-state index contributed by atoms with van der Waals surface area (Å²) in [4.78, 5) is 4.92. The Balaban J connectivity index is 1.43. The molecule has 0 radical (unpaired) electrons. The van der Waals surface area contributed by atoms with Gasteiger partial charge in [0.05, 0.1) is 0 Å². The number of nitrogens with zero attached hydrogens (tertiary/aromatic N) is 2. The lowest BCUT2D eigenvalue weighted by Crippen LogP contribution is -2.55. The molecule has 1 unspecified atom stereocenters. The zero-order valence-corrected chi connectivity index (χ0v) is 13.8. The smallest absolute Gasteiger partial charge is 0.0408 e. The van der Waals surface area contributed by atoms with Crippen molar-refractivity contribution in [2.75, 3.05) is 40.3 Å². The van der Waals surface area contributed by atoms with Crippen molar-refractivity contribution in [2.45, 2.75) is 30.8 Å². The van der Waals surface area contributed by atoms with Gasteiger partial charge in [-0.1, -0.05) is 23.7 Å². The van der Waals surface area contributed by atoms with Crippen molar-refractivity contribution in [2.24, 2.45) is 0 Å². The first-order valence-electron chi connectivity index (χ1n) is 7.99. The lowest BCUT2D eigenvalue weighted by atomic mass is 9.76. The van der Waals surface area contributed by atoms with E-state index in [-0.39, 0.29) is 0 Å². The van der Waals surface area contributed by atoms with Crippen LogP contribution < -0.4 is 5.32 Å². The summed E-state index contributed by atoms with van der Waals surface area (Å²) in [6.07, 6.45) is 2.49. The molecule has 3 rings (SSSR count). The minimum absolute atomic E-state index is 0.647. The predicted octanol–water partition coefficient (Wildman–Crippen LogP) is 2.42. The Morgan fingerprint density at radius 1 is 1.24 bits per heavy atom. The normalized spacial score (nSPS) is 31.1. The Morgan fingerprint density at radius 2 is 2.05 bits per heavy atom. The zero-order valence-electron chi connectivity index (χ0n) is 13.1. The molecule has 1 aliphatic carbocycles. The number of benzene rings is 1. The van der Waals surface area contributed by atoms with Crippen LogP contribution in [0.2, 0.25) is 5.02 Å². The lowest BCUT2D eigenvalue weighted by molar-refractivity contribution is 0.107. The van der Waals surface area contributed by atoms with Gasteiger partial charge in [0.25, 0.3) is 0 Å². The van der Waals surface area contributed by atoms with Gasteiger partial charge >= 0.3 is 0 Å². The van der Waals surface area contributed by atoms with E-state index in [1.807, 2.05) is 6.07 Å². The van der Waals surface area contributed by atoms with Gasteiger partial charge in [-0.15, -0.1) is 0 Å². The van der Waals surface area contributed by atoms with Gasteiger partial charge in [-0.25, -0.2) is 0 Å². The summed E-state index contributed by atoms with van der Waals surface area (Å²) in [6, 6.07) is 9.66. The van der Waals surface area contributed by atoms with E-state index in [9.17, 15) is 0 Å². The average molecular weight is 308 g/mol. The molecule has 1 aromatic carbocycles. The fourth-order valence-electron chi connectivity index (χ4n) is 3.44. The van der Waals surface area contributed by atoms with E-state index in [0.717, 1.165) is 11.6 Å². The number of halogens is 1. The number of rotatable bonds is 4. The number of hydrogen-bond donors (Lipinski definition) is 1. The van der Waals surface area contributed by atoms with E-state index in [1.54, 1.807) is 0 Å². The highest BCUT2D eigenvalue weighted by Gasteiger charge is 2.31. The molecule has 0 aromatic heterocycles. The van der Waals surface area contributed by atoms with Gasteiger partial charge in [0.2, 0.25) is 0 Å². The fourth-order valence-corrected chi connectivity index (χ4v) is 3.64. The van der Waals surface area contributed by atoms with Crippen LogP contribution in [-0.2, 0) is 0 Å². The quantitative estimate of drug-likeness (QED) is 0.921. The van der Waals surface area contributed by atoms with E-state index < -0.39 is 0 Å². The monoisotopic (exact) mass is 307 g/mol. The standard InChI is InChI=1S/C17H26ClN3/c1-20-6-7-21(2)17(12-20)11-19-16-9-14(10-16)13-4-3-5-15(18)8-13/h3-5,8,14,16-17,19H,6-7,9-12H2,1-2H3. The molecule has 0 amide bonds. The van der Waals surface area contributed by atoms with Gasteiger partial charge in [0.15, 0.2) is 0 Å². The molecule has 2 aliphatic rings. The molecule has 21 heavy (non-hydrogen) atoms. The topological polar surface area (TPSA) is 18.5 Å². The van der Waals surface area contributed by atoms with E-state index in [4.69, 9.17) is 11.6 Å². The first-order chi connectivity index (χ1) is 10.1. The molecule has 1 atom stereocenters. The molecule has 1 aromatic rings. The van der Waals surface area contributed by atoms with E-state index >= 15 is 0 Å². The summed E-state index contributed by atoms with van der Waals surface area (Å²) >= 11 is 6.07. The maximum absolute atomic E-state index is 6.07. The number of nitrogens with one attached hydrogen (secondary N) is 1. The first kappa shape index (κ1) is 15.3. The molecule has 1 N–H and O–H groups in total. The minimum Gasteiger partial charge on any atom is -0.312 e. The Bertz CT molecular complexity index is 473. The Hall–Kier alpha value is -0.610. The summed E-state index contributed by atoms with van der Waals surface area (Å²) < 4.78 is 0. The van der Waals surface area contributed by atoms with Gasteiger partial charge in [-0.2, -0.15) is 0 Å². The van der Waals surface area contributed by atoms with Crippen LogP contribution in [0.5, 0.6) is 0 Å². The lowest BCUT2D eigenvalue weighted by Gasteiger charge is -2.41. The summed E-state index contributed by atoms with van der Waals surface area (Å²) in [7, 11) is 4.47. The van der Waals surface area contributed by atoms with Crippen LogP contribution in [0.1, 0.15) is 24.3 Å². The van der Waals surface area contributed by atoms with Crippen LogP contribution in [0.25, 0.3) is 0 Å². The van der Waals surface area contributed by atoms with Gasteiger partial charge < -0.3 is 10.2 Å². The maximum atomic E-state index is 6.07. The van der Waals surface area contributed by atoms with Crippen LogP contribution >= 0.6 is 11.6 Å². The molecular weight excluding hydrogens is 282 g/mol. The van der Waals surface area contributed by atoms with E-state index in [1.165, 1.54) is 38.0 Å². The predicted molar refractivity (Wildman–Crippen MR) is 89.1 cm³/mol. The molecule has 1 saturated carbocycles.